The molecule has 0 bridgehead atoms. The number of nitro groups is 2. The van der Waals surface area contributed by atoms with Crippen molar-refractivity contribution < 1.29 is 19.4 Å². The second kappa shape index (κ2) is 10.1. The highest BCUT2D eigenvalue weighted by atomic mass is 16.6. The van der Waals surface area contributed by atoms with Gasteiger partial charge in [0.05, 0.1) is 22.5 Å². The van der Waals surface area contributed by atoms with Crippen LogP contribution in [0.5, 0.6) is 0 Å². The van der Waals surface area contributed by atoms with E-state index in [-0.39, 0.29) is 23.6 Å². The zero-order chi connectivity index (χ0) is 20.4. The lowest BCUT2D eigenvalue weighted by molar-refractivity contribution is -0.393. The molecule has 0 spiro atoms. The number of esters is 1. The minimum absolute atomic E-state index is 0.0816. The first-order valence-electron chi connectivity index (χ1n) is 7.61. The fourth-order valence-electron chi connectivity index (χ4n) is 1.80. The van der Waals surface area contributed by atoms with Crippen LogP contribution in [0.3, 0.4) is 0 Å². The Labute approximate surface area is 154 Å². The van der Waals surface area contributed by atoms with E-state index >= 15 is 0 Å². The van der Waals surface area contributed by atoms with E-state index in [1.165, 1.54) is 24.4 Å². The number of anilines is 1. The van der Waals surface area contributed by atoms with Crippen molar-refractivity contribution in [1.82, 2.24) is 0 Å². The van der Waals surface area contributed by atoms with Gasteiger partial charge in [-0.15, -0.1) is 0 Å². The Morgan fingerprint density at radius 2 is 2.04 bits per heavy atom. The van der Waals surface area contributed by atoms with Crippen molar-refractivity contribution in [2.75, 3.05) is 11.9 Å². The van der Waals surface area contributed by atoms with Crippen LogP contribution in [0.4, 0.5) is 17.1 Å². The molecule has 0 aliphatic carbocycles. The molecule has 0 unspecified atom stereocenters. The molecule has 27 heavy (non-hydrogen) atoms. The van der Waals surface area contributed by atoms with E-state index in [9.17, 15) is 25.0 Å². The van der Waals surface area contributed by atoms with E-state index in [2.05, 4.69) is 5.32 Å². The van der Waals surface area contributed by atoms with Crippen LogP contribution >= 0.6 is 0 Å². The predicted molar refractivity (Wildman–Crippen MR) is 96.6 cm³/mol. The molecule has 1 aromatic rings. The Kier molecular flexibility index (Phi) is 7.87. The number of benzene rings is 1. The quantitative estimate of drug-likeness (QED) is 0.182. The summed E-state index contributed by atoms with van der Waals surface area (Å²) >= 11 is 0. The smallest absolute Gasteiger partial charge is 0.348 e. The number of nitro benzene ring substituents is 2. The maximum absolute atomic E-state index is 11.5. The molecule has 1 aromatic carbocycles. The number of rotatable bonds is 8. The molecule has 10 nitrogen and oxygen atoms in total. The van der Waals surface area contributed by atoms with Crippen molar-refractivity contribution in [3.63, 3.8) is 0 Å². The van der Waals surface area contributed by atoms with E-state index in [0.717, 1.165) is 12.1 Å². The fraction of sp³-hybridized carbons (Fsp3) is 0.176. The van der Waals surface area contributed by atoms with Gasteiger partial charge in [-0.3, -0.25) is 20.2 Å². The second-order valence-electron chi connectivity index (χ2n) is 5.02. The predicted octanol–water partition coefficient (Wildman–Crippen LogP) is 3.39. The summed E-state index contributed by atoms with van der Waals surface area (Å²) in [7, 11) is 0. The maximum Gasteiger partial charge on any atom is 0.348 e. The Balaban J connectivity index is 2.94. The zero-order valence-electron chi connectivity index (χ0n) is 14.5. The van der Waals surface area contributed by atoms with Gasteiger partial charge in [0.2, 0.25) is 0 Å². The van der Waals surface area contributed by atoms with Crippen LogP contribution in [0.15, 0.2) is 53.8 Å². The maximum atomic E-state index is 11.5. The third-order valence-electron chi connectivity index (χ3n) is 3.08. The van der Waals surface area contributed by atoms with E-state index in [4.69, 9.17) is 10.00 Å². The third-order valence-corrected chi connectivity index (χ3v) is 3.08. The Hall–Kier alpha value is -4.00. The topological polar surface area (TPSA) is 148 Å². The number of ether oxygens (including phenoxy) is 1. The number of carbonyl (C=O) groups excluding carboxylic acids is 1. The molecule has 10 heteroatoms. The Bertz CT molecular complexity index is 880. The molecule has 0 saturated heterocycles. The monoisotopic (exact) mass is 372 g/mol. The van der Waals surface area contributed by atoms with Gasteiger partial charge in [0.25, 0.3) is 11.4 Å². The molecule has 0 atom stereocenters. The molecule has 0 aromatic heterocycles. The minimum Gasteiger partial charge on any atom is -0.462 e. The normalized spacial score (nSPS) is 11.7. The minimum atomic E-state index is -0.731. The van der Waals surface area contributed by atoms with E-state index in [1.54, 1.807) is 26.0 Å². The zero-order valence-corrected chi connectivity index (χ0v) is 14.5. The largest absolute Gasteiger partial charge is 0.462 e. The molecule has 0 aliphatic rings. The van der Waals surface area contributed by atoms with Gasteiger partial charge in [0.1, 0.15) is 17.3 Å². The molecule has 0 heterocycles. The molecule has 1 rings (SSSR count). The molecule has 0 radical (unpaired) electrons. The van der Waals surface area contributed by atoms with Crippen LogP contribution in [0.1, 0.15) is 13.8 Å². The average molecular weight is 372 g/mol. The molecule has 0 fully saturated rings. The lowest BCUT2D eigenvalue weighted by Gasteiger charge is -2.03. The van der Waals surface area contributed by atoms with Gasteiger partial charge in [-0.1, -0.05) is 12.2 Å². The van der Waals surface area contributed by atoms with E-state index < -0.39 is 21.5 Å². The van der Waals surface area contributed by atoms with Crippen molar-refractivity contribution in [2.45, 2.75) is 13.8 Å². The highest BCUT2D eigenvalue weighted by molar-refractivity contribution is 5.93. The summed E-state index contributed by atoms with van der Waals surface area (Å²) in [5.41, 5.74) is -0.301. The Morgan fingerprint density at radius 3 is 2.59 bits per heavy atom. The summed E-state index contributed by atoms with van der Waals surface area (Å²) in [4.78, 5) is 31.8. The average Bonchev–Trinajstić information content (AvgIpc) is 2.63. The van der Waals surface area contributed by atoms with Gasteiger partial charge >= 0.3 is 5.97 Å². The molecular weight excluding hydrogens is 356 g/mol. The van der Waals surface area contributed by atoms with Gasteiger partial charge in [0.15, 0.2) is 0 Å². The van der Waals surface area contributed by atoms with Crippen LogP contribution in [0, 0.1) is 31.6 Å². The summed E-state index contributed by atoms with van der Waals surface area (Å²) < 4.78 is 4.72. The molecular formula is C17H16N4O6. The number of carbonyl (C=O) groups is 1. The van der Waals surface area contributed by atoms with Crippen LogP contribution < -0.4 is 5.32 Å². The van der Waals surface area contributed by atoms with Crippen LogP contribution in [0.25, 0.3) is 0 Å². The number of allylic oxidation sites excluding steroid dienone is 4. The first kappa shape index (κ1) is 21.0. The van der Waals surface area contributed by atoms with Gasteiger partial charge in [0, 0.05) is 12.3 Å². The molecule has 0 saturated carbocycles. The van der Waals surface area contributed by atoms with Gasteiger partial charge in [-0.05, 0) is 31.6 Å². The van der Waals surface area contributed by atoms with Gasteiger partial charge in [-0.2, -0.15) is 5.26 Å². The summed E-state index contributed by atoms with van der Waals surface area (Å²) in [6, 6.07) is 4.97. The van der Waals surface area contributed by atoms with Crippen LogP contribution in [-0.4, -0.2) is 22.4 Å². The number of nitrogens with one attached hydrogen (secondary N) is 1. The van der Waals surface area contributed by atoms with Crippen molar-refractivity contribution in [3.8, 4) is 6.07 Å². The number of nitriles is 1. The summed E-state index contributed by atoms with van der Waals surface area (Å²) in [5.74, 6) is -0.731. The lowest BCUT2D eigenvalue weighted by atomic mass is 10.2. The van der Waals surface area contributed by atoms with Crippen LogP contribution in [0.2, 0.25) is 0 Å². The van der Waals surface area contributed by atoms with Gasteiger partial charge < -0.3 is 10.1 Å². The van der Waals surface area contributed by atoms with Crippen LogP contribution in [-0.2, 0) is 9.53 Å². The summed E-state index contributed by atoms with van der Waals surface area (Å²) in [6.07, 6.45) is 5.73. The number of nitrogens with zero attached hydrogens (tertiary/aromatic N) is 3. The standard InChI is InChI=1S/C17H16N4O6/c1-3-27-17(22)13(10-18)6-4-5-12(2)11-19-15-8-7-14(20(23)24)9-16(15)21(25)26/h4-9,11,19H,3H2,1-2H3/b5-4+,12-11-,13-6+. The van der Waals surface area contributed by atoms with Crippen molar-refractivity contribution in [2.24, 2.45) is 0 Å². The van der Waals surface area contributed by atoms with E-state index in [1.807, 2.05) is 0 Å². The SMILES string of the molecule is CCOC(=O)/C(C#N)=C/C=C/C(C)=C\Nc1ccc([N+](=O)[O-])cc1[N+](=O)[O-]. The van der Waals surface area contributed by atoms with E-state index in [0.29, 0.717) is 5.57 Å². The summed E-state index contributed by atoms with van der Waals surface area (Å²) in [5, 5.41) is 33.4. The number of non-ortho nitro benzene ring substituents is 1. The second-order valence-corrected chi connectivity index (χ2v) is 5.02. The third kappa shape index (κ3) is 6.43. The molecule has 140 valence electrons. The first-order chi connectivity index (χ1) is 12.8. The van der Waals surface area contributed by atoms with Crippen molar-refractivity contribution in [1.29, 1.82) is 5.26 Å². The highest BCUT2D eigenvalue weighted by Crippen LogP contribution is 2.29. The van der Waals surface area contributed by atoms with Crippen molar-refractivity contribution in [3.05, 3.63) is 74.0 Å². The Morgan fingerprint density at radius 1 is 1.33 bits per heavy atom. The van der Waals surface area contributed by atoms with Gasteiger partial charge in [-0.25, -0.2) is 4.79 Å². The highest BCUT2D eigenvalue weighted by Gasteiger charge is 2.18. The van der Waals surface area contributed by atoms with Crippen molar-refractivity contribution >= 4 is 23.0 Å². The summed E-state index contributed by atoms with van der Waals surface area (Å²) in [6.45, 7) is 3.45. The lowest BCUT2D eigenvalue weighted by Crippen LogP contribution is -2.05. The molecule has 1 N–H and O–H groups in total. The molecule has 0 amide bonds. The first-order valence-corrected chi connectivity index (χ1v) is 7.61. The molecule has 0 aliphatic heterocycles. The number of hydrogen-bond donors (Lipinski definition) is 1. The fourth-order valence-corrected chi connectivity index (χ4v) is 1.80. The number of hydrogen-bond acceptors (Lipinski definition) is 8.